The zero-order valence-corrected chi connectivity index (χ0v) is 51.7. The van der Waals surface area contributed by atoms with Gasteiger partial charge in [0.2, 0.25) is 0 Å². The van der Waals surface area contributed by atoms with Crippen molar-refractivity contribution in [1.82, 2.24) is 0 Å². The minimum Gasteiger partial charge on any atom is -0.462 e. The summed E-state index contributed by atoms with van der Waals surface area (Å²) < 4.78 is 10.7. The molecule has 0 spiro atoms. The molecule has 0 amide bonds. The van der Waals surface area contributed by atoms with Gasteiger partial charge in [-0.05, 0) is 96.3 Å². The second-order valence-electron chi connectivity index (χ2n) is 22.5. The molecule has 1 unspecified atom stereocenters. The number of unbranched alkanes of at least 4 members (excludes halogenated alkanes) is 38. The number of rotatable bonds is 62. The first kappa shape index (κ1) is 74.8. The summed E-state index contributed by atoms with van der Waals surface area (Å²) in [7, 11) is 0. The van der Waals surface area contributed by atoms with Crippen LogP contribution in [0.15, 0.2) is 97.2 Å². The van der Waals surface area contributed by atoms with Gasteiger partial charge in [0.15, 0.2) is 6.10 Å². The molecule has 0 aromatic carbocycles. The maximum Gasteiger partial charge on any atom is 0.306 e. The Balaban J connectivity index is 3.46. The second kappa shape index (κ2) is 68.1. The maximum atomic E-state index is 12.3. The lowest BCUT2D eigenvalue weighted by Crippen LogP contribution is -2.28. The van der Waals surface area contributed by atoms with Crippen LogP contribution in [-0.4, -0.2) is 36.4 Å². The standard InChI is InChI=1S/C73H128O5/c1-3-5-7-9-11-13-15-17-19-21-23-25-27-29-30-31-32-33-34-35-36-37-38-39-40-41-42-44-45-47-49-51-53-55-57-59-61-63-65-67-72(75)77-70-71(69-74)78-73(76)68-66-64-62-60-58-56-54-52-50-48-46-43-28-26-24-22-20-18-16-14-12-10-8-6-4-2/h6,8,12,14,18,20-21,23-24,26,43,46,50,52,56,58,71,74H,3-5,7,9-11,13,15-17,19,22,25,27-42,44-45,47-49,51,53-55,57,59-70H2,1-2H3/b8-6-,14-12-,20-18-,23-21-,26-24-,46-43-,52-50-,58-56-. The van der Waals surface area contributed by atoms with Crippen molar-refractivity contribution in [3.63, 3.8) is 0 Å². The highest BCUT2D eigenvalue weighted by Gasteiger charge is 2.16. The molecule has 0 rings (SSSR count). The van der Waals surface area contributed by atoms with Gasteiger partial charge in [0, 0.05) is 12.8 Å². The smallest absolute Gasteiger partial charge is 0.306 e. The van der Waals surface area contributed by atoms with Gasteiger partial charge in [-0.2, -0.15) is 0 Å². The molecule has 0 saturated heterocycles. The summed E-state index contributed by atoms with van der Waals surface area (Å²) in [5, 5.41) is 9.68. The van der Waals surface area contributed by atoms with E-state index in [-0.39, 0.29) is 25.2 Å². The molecule has 0 aliphatic heterocycles. The highest BCUT2D eigenvalue weighted by molar-refractivity contribution is 5.70. The average Bonchev–Trinajstić information content (AvgIpc) is 3.44. The summed E-state index contributed by atoms with van der Waals surface area (Å²) in [6.07, 6.45) is 97.3. The van der Waals surface area contributed by atoms with E-state index in [0.717, 1.165) is 89.9 Å². The van der Waals surface area contributed by atoms with Gasteiger partial charge < -0.3 is 14.6 Å². The van der Waals surface area contributed by atoms with E-state index < -0.39 is 6.10 Å². The van der Waals surface area contributed by atoms with Crippen LogP contribution in [0.2, 0.25) is 0 Å². The first-order valence-corrected chi connectivity index (χ1v) is 33.8. The third-order valence-electron chi connectivity index (χ3n) is 14.9. The lowest BCUT2D eigenvalue weighted by molar-refractivity contribution is -0.161. The molecule has 0 aliphatic carbocycles. The molecule has 450 valence electrons. The van der Waals surface area contributed by atoms with Gasteiger partial charge >= 0.3 is 11.9 Å². The second-order valence-corrected chi connectivity index (χ2v) is 22.5. The number of aliphatic hydroxyl groups is 1. The molecule has 0 fully saturated rings. The van der Waals surface area contributed by atoms with Gasteiger partial charge in [-0.15, -0.1) is 0 Å². The van der Waals surface area contributed by atoms with Gasteiger partial charge in [-0.3, -0.25) is 9.59 Å². The molecular weight excluding hydrogens is 957 g/mol. The van der Waals surface area contributed by atoms with Crippen molar-refractivity contribution in [2.75, 3.05) is 13.2 Å². The number of esters is 2. The first-order valence-electron chi connectivity index (χ1n) is 33.8. The van der Waals surface area contributed by atoms with Crippen molar-refractivity contribution in [2.24, 2.45) is 0 Å². The van der Waals surface area contributed by atoms with E-state index in [1.165, 1.54) is 218 Å². The van der Waals surface area contributed by atoms with E-state index in [9.17, 15) is 14.7 Å². The Kier molecular flexibility index (Phi) is 65.3. The van der Waals surface area contributed by atoms with Gasteiger partial charge in [0.25, 0.3) is 0 Å². The monoisotopic (exact) mass is 1080 g/mol. The Morgan fingerprint density at radius 3 is 0.859 bits per heavy atom. The van der Waals surface area contributed by atoms with E-state index in [0.29, 0.717) is 12.8 Å². The van der Waals surface area contributed by atoms with Crippen molar-refractivity contribution in [2.45, 2.75) is 341 Å². The SMILES string of the molecule is CC/C=C\C/C=C\C/C=C\C/C=C\C/C=C\C/C=C\C/C=C\CCCCCC(=O)OC(CO)COC(=O)CCCCCCCCCCCCCCCCCCCCCCCCCCCCC/C=C\CCCCCCCCCC. The fourth-order valence-electron chi connectivity index (χ4n) is 9.83. The predicted octanol–water partition coefficient (Wildman–Crippen LogP) is 23.4. The van der Waals surface area contributed by atoms with E-state index in [2.05, 4.69) is 111 Å². The molecule has 0 aromatic heterocycles. The van der Waals surface area contributed by atoms with Crippen molar-refractivity contribution in [3.05, 3.63) is 97.2 Å². The van der Waals surface area contributed by atoms with Crippen molar-refractivity contribution in [1.29, 1.82) is 0 Å². The number of hydrogen-bond acceptors (Lipinski definition) is 5. The van der Waals surface area contributed by atoms with Gasteiger partial charge in [0.05, 0.1) is 6.61 Å². The molecule has 0 aliphatic rings. The van der Waals surface area contributed by atoms with Gasteiger partial charge in [0.1, 0.15) is 6.61 Å². The quantitative estimate of drug-likeness (QED) is 0.0373. The van der Waals surface area contributed by atoms with Crippen LogP contribution in [0.5, 0.6) is 0 Å². The number of hydrogen-bond donors (Lipinski definition) is 1. The van der Waals surface area contributed by atoms with Crippen molar-refractivity contribution >= 4 is 11.9 Å². The Morgan fingerprint density at radius 2 is 0.551 bits per heavy atom. The van der Waals surface area contributed by atoms with Crippen LogP contribution in [0.1, 0.15) is 335 Å². The van der Waals surface area contributed by atoms with Crippen LogP contribution in [0, 0.1) is 0 Å². The summed E-state index contributed by atoms with van der Waals surface area (Å²) in [5.41, 5.74) is 0. The third-order valence-corrected chi connectivity index (χ3v) is 14.9. The molecule has 1 N–H and O–H groups in total. The molecule has 0 bridgehead atoms. The zero-order valence-electron chi connectivity index (χ0n) is 51.7. The molecule has 78 heavy (non-hydrogen) atoms. The summed E-state index contributed by atoms with van der Waals surface area (Å²) >= 11 is 0. The highest BCUT2D eigenvalue weighted by Crippen LogP contribution is 2.18. The number of carbonyl (C=O) groups is 2. The molecule has 0 aromatic rings. The molecule has 5 heteroatoms. The molecular formula is C73H128O5. The fraction of sp³-hybridized carbons (Fsp3) is 0.753. The summed E-state index contributed by atoms with van der Waals surface area (Å²) in [5.74, 6) is -0.622. The Bertz CT molecular complexity index is 1460. The molecule has 0 saturated carbocycles. The topological polar surface area (TPSA) is 72.8 Å². The summed E-state index contributed by atoms with van der Waals surface area (Å²) in [6.45, 7) is 4.03. The Labute approximate surface area is 485 Å². The lowest BCUT2D eigenvalue weighted by Gasteiger charge is -2.15. The third kappa shape index (κ3) is 65.3. The summed E-state index contributed by atoms with van der Waals surface area (Å²) in [6, 6.07) is 0. The normalized spacial score (nSPS) is 12.8. The molecule has 0 radical (unpaired) electrons. The van der Waals surface area contributed by atoms with Crippen molar-refractivity contribution < 1.29 is 24.2 Å². The largest absolute Gasteiger partial charge is 0.462 e. The van der Waals surface area contributed by atoms with Crippen LogP contribution in [0.4, 0.5) is 0 Å². The lowest BCUT2D eigenvalue weighted by atomic mass is 10.0. The minimum absolute atomic E-state index is 0.0819. The average molecular weight is 1090 g/mol. The zero-order chi connectivity index (χ0) is 56.2. The van der Waals surface area contributed by atoms with Gasteiger partial charge in [-0.1, -0.05) is 323 Å². The number of ether oxygens (including phenoxy) is 2. The van der Waals surface area contributed by atoms with Crippen LogP contribution >= 0.6 is 0 Å². The van der Waals surface area contributed by atoms with E-state index in [4.69, 9.17) is 9.47 Å². The molecule has 0 heterocycles. The fourth-order valence-corrected chi connectivity index (χ4v) is 9.83. The number of carbonyl (C=O) groups excluding carboxylic acids is 2. The van der Waals surface area contributed by atoms with Crippen molar-refractivity contribution in [3.8, 4) is 0 Å². The maximum absolute atomic E-state index is 12.3. The number of allylic oxidation sites excluding steroid dienone is 16. The summed E-state index contributed by atoms with van der Waals surface area (Å²) in [4.78, 5) is 24.6. The van der Waals surface area contributed by atoms with E-state index in [1.807, 2.05) is 0 Å². The van der Waals surface area contributed by atoms with Gasteiger partial charge in [-0.25, -0.2) is 0 Å². The number of aliphatic hydroxyl groups excluding tert-OH is 1. The minimum atomic E-state index is -0.796. The molecule has 1 atom stereocenters. The van der Waals surface area contributed by atoms with Crippen LogP contribution < -0.4 is 0 Å². The van der Waals surface area contributed by atoms with Crippen LogP contribution in [0.3, 0.4) is 0 Å². The molecule has 5 nitrogen and oxygen atoms in total. The Hall–Kier alpha value is -3.18. The highest BCUT2D eigenvalue weighted by atomic mass is 16.6. The predicted molar refractivity (Wildman–Crippen MR) is 343 cm³/mol. The Morgan fingerprint density at radius 1 is 0.308 bits per heavy atom. The van der Waals surface area contributed by atoms with Crippen LogP contribution in [0.25, 0.3) is 0 Å². The van der Waals surface area contributed by atoms with Crippen LogP contribution in [-0.2, 0) is 19.1 Å². The van der Waals surface area contributed by atoms with E-state index in [1.54, 1.807) is 0 Å². The first-order chi connectivity index (χ1) is 38.6. The van der Waals surface area contributed by atoms with E-state index >= 15 is 0 Å².